The molecule has 5 heteroatoms. The smallest absolute Gasteiger partial charge is 0.280 e. The topological polar surface area (TPSA) is 59.4 Å². The van der Waals surface area contributed by atoms with Crippen molar-refractivity contribution in [1.82, 2.24) is 9.78 Å². The zero-order valence-electron chi connectivity index (χ0n) is 19.6. The summed E-state index contributed by atoms with van der Waals surface area (Å²) in [5, 5.41) is 3.32. The van der Waals surface area contributed by atoms with Gasteiger partial charge in [0.05, 0.1) is 35.5 Å². The maximum atomic E-state index is 13.7. The van der Waals surface area contributed by atoms with Gasteiger partial charge in [0, 0.05) is 11.1 Å². The Morgan fingerprint density at radius 2 is 1.40 bits per heavy atom. The summed E-state index contributed by atoms with van der Waals surface area (Å²) < 4.78 is 6.88. The average molecular weight is 460 g/mol. The Kier molecular flexibility index (Phi) is 6.14. The van der Waals surface area contributed by atoms with Gasteiger partial charge in [0.2, 0.25) is 0 Å². The van der Waals surface area contributed by atoms with Crippen LogP contribution in [0.3, 0.4) is 0 Å². The summed E-state index contributed by atoms with van der Waals surface area (Å²) in [4.78, 5) is 18.7. The van der Waals surface area contributed by atoms with Gasteiger partial charge in [-0.1, -0.05) is 66.7 Å². The average Bonchev–Trinajstić information content (AvgIpc) is 3.27. The van der Waals surface area contributed by atoms with Crippen LogP contribution in [0.15, 0.2) is 119 Å². The van der Waals surface area contributed by atoms with E-state index in [0.29, 0.717) is 17.0 Å². The Morgan fingerprint density at radius 1 is 0.771 bits per heavy atom. The van der Waals surface area contributed by atoms with Crippen molar-refractivity contribution in [3.05, 3.63) is 125 Å². The van der Waals surface area contributed by atoms with Crippen LogP contribution >= 0.6 is 0 Å². The van der Waals surface area contributed by atoms with Crippen LogP contribution in [0.5, 0.6) is 5.75 Å². The van der Waals surface area contributed by atoms with Crippen LogP contribution in [0.25, 0.3) is 28.1 Å². The number of hydrogen-bond acceptors (Lipinski definition) is 3. The molecule has 0 spiro atoms. The lowest BCUT2D eigenvalue weighted by molar-refractivity contribution is 0.415. The highest BCUT2D eigenvalue weighted by Crippen LogP contribution is 2.31. The van der Waals surface area contributed by atoms with Crippen molar-refractivity contribution >= 4 is 11.4 Å². The third-order valence-electron chi connectivity index (χ3n) is 5.92. The van der Waals surface area contributed by atoms with Gasteiger partial charge in [0.25, 0.3) is 5.56 Å². The van der Waals surface area contributed by atoms with E-state index in [-0.39, 0.29) is 5.56 Å². The van der Waals surface area contributed by atoms with Gasteiger partial charge in [0.15, 0.2) is 0 Å². The highest BCUT2D eigenvalue weighted by molar-refractivity contribution is 6.05. The van der Waals surface area contributed by atoms with Crippen LogP contribution in [0.2, 0.25) is 0 Å². The number of aromatic nitrogens is 2. The first-order valence-electron chi connectivity index (χ1n) is 11.4. The van der Waals surface area contributed by atoms with Crippen molar-refractivity contribution in [3.8, 4) is 33.8 Å². The first-order chi connectivity index (χ1) is 17.2. The van der Waals surface area contributed by atoms with E-state index in [1.54, 1.807) is 11.8 Å². The van der Waals surface area contributed by atoms with Crippen LogP contribution in [0, 0.1) is 0 Å². The largest absolute Gasteiger partial charge is 0.497 e. The predicted molar refractivity (Wildman–Crippen MR) is 142 cm³/mol. The fourth-order valence-electron chi connectivity index (χ4n) is 4.17. The summed E-state index contributed by atoms with van der Waals surface area (Å²) in [6, 6.07) is 35.3. The number of hydrogen-bond donors (Lipinski definition) is 1. The van der Waals surface area contributed by atoms with Crippen molar-refractivity contribution in [2.75, 3.05) is 7.11 Å². The van der Waals surface area contributed by atoms with Crippen LogP contribution in [0.1, 0.15) is 12.5 Å². The molecule has 0 bridgehead atoms. The molecule has 5 aromatic rings. The molecule has 0 saturated heterocycles. The maximum Gasteiger partial charge on any atom is 0.280 e. The van der Waals surface area contributed by atoms with E-state index in [2.05, 4.69) is 17.2 Å². The Morgan fingerprint density at radius 3 is 2.09 bits per heavy atom. The molecule has 1 N–H and O–H groups in total. The molecule has 172 valence electrons. The van der Waals surface area contributed by atoms with Gasteiger partial charge in [-0.2, -0.15) is 0 Å². The lowest BCUT2D eigenvalue weighted by Crippen LogP contribution is -2.19. The summed E-state index contributed by atoms with van der Waals surface area (Å²) in [6.07, 6.45) is 0. The minimum Gasteiger partial charge on any atom is -0.497 e. The second kappa shape index (κ2) is 9.69. The zero-order chi connectivity index (χ0) is 24.2. The summed E-state index contributed by atoms with van der Waals surface area (Å²) in [7, 11) is 1.63. The van der Waals surface area contributed by atoms with Crippen molar-refractivity contribution in [3.63, 3.8) is 0 Å². The molecule has 1 heterocycles. The lowest BCUT2D eigenvalue weighted by atomic mass is 10.0. The fraction of sp³-hybridized carbons (Fsp3) is 0.0667. The monoisotopic (exact) mass is 459 g/mol. The molecule has 4 aromatic carbocycles. The SMILES string of the molecule is COc1ccc(-c2[nH]n(-c3ccccc3)c(=O)c2C(C)=Nc2ccccc2-c2ccccc2)cc1. The van der Waals surface area contributed by atoms with E-state index in [0.717, 1.165) is 33.8 Å². The number of aromatic amines is 1. The highest BCUT2D eigenvalue weighted by Gasteiger charge is 2.20. The van der Waals surface area contributed by atoms with Crippen LogP contribution in [-0.4, -0.2) is 22.6 Å². The van der Waals surface area contributed by atoms with Crippen LogP contribution in [0.4, 0.5) is 5.69 Å². The van der Waals surface area contributed by atoms with E-state index < -0.39 is 0 Å². The van der Waals surface area contributed by atoms with E-state index in [4.69, 9.17) is 9.73 Å². The molecule has 1 aromatic heterocycles. The van der Waals surface area contributed by atoms with Gasteiger partial charge in [0.1, 0.15) is 5.75 Å². The lowest BCUT2D eigenvalue weighted by Gasteiger charge is -2.08. The summed E-state index contributed by atoms with van der Waals surface area (Å²) in [5.41, 5.74) is 6.25. The molecule has 0 fully saturated rings. The number of benzene rings is 4. The molecule has 0 amide bonds. The third-order valence-corrected chi connectivity index (χ3v) is 5.92. The van der Waals surface area contributed by atoms with Crippen LogP contribution < -0.4 is 10.3 Å². The normalized spacial score (nSPS) is 11.4. The second-order valence-corrected chi connectivity index (χ2v) is 8.15. The van der Waals surface area contributed by atoms with Crippen molar-refractivity contribution in [1.29, 1.82) is 0 Å². The minimum absolute atomic E-state index is 0.152. The van der Waals surface area contributed by atoms with Gasteiger partial charge in [-0.15, -0.1) is 0 Å². The second-order valence-electron chi connectivity index (χ2n) is 8.15. The molecule has 0 atom stereocenters. The Balaban J connectivity index is 1.69. The molecule has 0 aliphatic heterocycles. The molecular formula is C30H25N3O2. The zero-order valence-corrected chi connectivity index (χ0v) is 19.6. The number of methoxy groups -OCH3 is 1. The molecule has 0 aliphatic rings. The number of ether oxygens (including phenoxy) is 1. The molecular weight excluding hydrogens is 434 g/mol. The molecule has 5 rings (SSSR count). The minimum atomic E-state index is -0.152. The Bertz CT molecular complexity index is 1530. The van der Waals surface area contributed by atoms with Gasteiger partial charge in [-0.05, 0) is 55.0 Å². The predicted octanol–water partition coefficient (Wildman–Crippen LogP) is 6.65. The Hall–Kier alpha value is -4.64. The summed E-state index contributed by atoms with van der Waals surface area (Å²) in [6.45, 7) is 1.88. The highest BCUT2D eigenvalue weighted by atomic mass is 16.5. The van der Waals surface area contributed by atoms with E-state index in [9.17, 15) is 4.79 Å². The van der Waals surface area contributed by atoms with Gasteiger partial charge < -0.3 is 4.74 Å². The van der Waals surface area contributed by atoms with E-state index in [1.807, 2.05) is 104 Å². The number of para-hydroxylation sites is 2. The molecule has 0 radical (unpaired) electrons. The standard InChI is InChI=1S/C30H25N3O2/c1-21(31-27-16-10-9-15-26(27)22-11-5-3-6-12-22)28-29(23-17-19-25(35-2)20-18-23)32-33(30(28)34)24-13-7-4-8-14-24/h3-20,32H,1-2H3. The fourth-order valence-corrected chi connectivity index (χ4v) is 4.17. The number of nitrogens with zero attached hydrogens (tertiary/aromatic N) is 2. The number of nitrogens with one attached hydrogen (secondary N) is 1. The molecule has 5 nitrogen and oxygen atoms in total. The van der Waals surface area contributed by atoms with Crippen molar-refractivity contribution in [2.45, 2.75) is 6.92 Å². The van der Waals surface area contributed by atoms with E-state index >= 15 is 0 Å². The van der Waals surface area contributed by atoms with E-state index in [1.165, 1.54) is 0 Å². The molecule has 0 aliphatic carbocycles. The maximum absolute atomic E-state index is 13.7. The Labute approximate surface area is 204 Å². The summed E-state index contributed by atoms with van der Waals surface area (Å²) >= 11 is 0. The number of H-pyrrole nitrogens is 1. The number of rotatable bonds is 6. The molecule has 0 unspecified atom stereocenters. The van der Waals surface area contributed by atoms with Crippen molar-refractivity contribution in [2.24, 2.45) is 4.99 Å². The first kappa shape index (κ1) is 22.2. The number of aliphatic imine (C=N–C) groups is 1. The molecule has 35 heavy (non-hydrogen) atoms. The summed E-state index contributed by atoms with van der Waals surface area (Å²) in [5.74, 6) is 0.752. The van der Waals surface area contributed by atoms with Gasteiger partial charge >= 0.3 is 0 Å². The van der Waals surface area contributed by atoms with Crippen LogP contribution in [-0.2, 0) is 0 Å². The van der Waals surface area contributed by atoms with Gasteiger partial charge in [-0.3, -0.25) is 14.9 Å². The first-order valence-corrected chi connectivity index (χ1v) is 11.4. The third kappa shape index (κ3) is 4.44. The van der Waals surface area contributed by atoms with Crippen molar-refractivity contribution < 1.29 is 4.74 Å². The quantitative estimate of drug-likeness (QED) is 0.289. The molecule has 0 saturated carbocycles. The van der Waals surface area contributed by atoms with Gasteiger partial charge in [-0.25, -0.2) is 4.68 Å².